The number of carbonyl (C=O) groups excluding carboxylic acids is 2. The van der Waals surface area contributed by atoms with Crippen molar-refractivity contribution in [3.05, 3.63) is 29.8 Å². The molecule has 1 aromatic rings. The number of nitrogens with one attached hydrogen (secondary N) is 1. The number of nitrogens with zero attached hydrogens (tertiary/aromatic N) is 1. The number of hydrogen-bond acceptors (Lipinski definition) is 4. The second-order valence-corrected chi connectivity index (χ2v) is 5.75. The molecular weight excluding hydrogens is 268 g/mol. The number of benzene rings is 1. The van der Waals surface area contributed by atoms with Crippen LogP contribution in [0.15, 0.2) is 24.3 Å². The van der Waals surface area contributed by atoms with Crippen LogP contribution in [0.25, 0.3) is 0 Å². The lowest BCUT2D eigenvalue weighted by Gasteiger charge is -2.19. The zero-order valence-corrected chi connectivity index (χ0v) is 12.3. The number of hydrogen-bond donors (Lipinski definition) is 1. The van der Waals surface area contributed by atoms with Gasteiger partial charge in [0.25, 0.3) is 0 Å². The monoisotopic (exact) mass is 288 g/mol. The topological polar surface area (TPSA) is 58.6 Å². The molecule has 1 saturated carbocycles. The molecule has 112 valence electrons. The van der Waals surface area contributed by atoms with E-state index in [4.69, 9.17) is 4.74 Å². The minimum Gasteiger partial charge on any atom is -0.497 e. The van der Waals surface area contributed by atoms with Crippen LogP contribution in [0.5, 0.6) is 5.75 Å². The molecule has 2 unspecified atom stereocenters. The predicted octanol–water partition coefficient (Wildman–Crippen LogP) is 1.64. The van der Waals surface area contributed by atoms with Crippen LogP contribution in [0.4, 0.5) is 0 Å². The van der Waals surface area contributed by atoms with E-state index in [9.17, 15) is 9.59 Å². The molecule has 2 amide bonds. The molecule has 0 spiro atoms. The summed E-state index contributed by atoms with van der Waals surface area (Å²) in [5, 5.41) is 3.27. The maximum atomic E-state index is 12.3. The molecule has 0 radical (unpaired) electrons. The van der Waals surface area contributed by atoms with Crippen molar-refractivity contribution in [1.29, 1.82) is 0 Å². The molecule has 2 aliphatic rings. The molecule has 1 aromatic carbocycles. The summed E-state index contributed by atoms with van der Waals surface area (Å²) in [6, 6.07) is 7.50. The molecule has 3 rings (SSSR count). The van der Waals surface area contributed by atoms with Crippen molar-refractivity contribution in [2.24, 2.45) is 0 Å². The van der Waals surface area contributed by atoms with Crippen LogP contribution < -0.4 is 10.1 Å². The third-order valence-corrected chi connectivity index (χ3v) is 4.16. The molecule has 1 N–H and O–H groups in total. The molecule has 1 aliphatic heterocycles. The standard InChI is InChI=1S/C16H20N2O3/c1-10(11-3-7-13(21-2)8-4-11)17-14-9-15(19)18(16(14)20)12-5-6-12/h3-4,7-8,10,12,14,17H,5-6,9H2,1-2H3. The normalized spacial score (nSPS) is 23.5. The fourth-order valence-electron chi connectivity index (χ4n) is 2.79. The van der Waals surface area contributed by atoms with E-state index in [0.29, 0.717) is 0 Å². The Morgan fingerprint density at radius 1 is 1.24 bits per heavy atom. The summed E-state index contributed by atoms with van der Waals surface area (Å²) in [4.78, 5) is 25.7. The molecule has 2 fully saturated rings. The Balaban J connectivity index is 1.65. The van der Waals surface area contributed by atoms with E-state index >= 15 is 0 Å². The van der Waals surface area contributed by atoms with Crippen molar-refractivity contribution in [3.8, 4) is 5.75 Å². The van der Waals surface area contributed by atoms with E-state index in [0.717, 1.165) is 24.2 Å². The lowest BCUT2D eigenvalue weighted by Crippen LogP contribution is -2.40. The Bertz CT molecular complexity index is 551. The van der Waals surface area contributed by atoms with E-state index in [-0.39, 0.29) is 30.3 Å². The van der Waals surface area contributed by atoms with Gasteiger partial charge in [0.15, 0.2) is 0 Å². The van der Waals surface area contributed by atoms with Crippen LogP contribution in [0.1, 0.15) is 37.8 Å². The molecule has 1 heterocycles. The SMILES string of the molecule is COc1ccc(C(C)NC2CC(=O)N(C3CC3)C2=O)cc1. The first-order chi connectivity index (χ1) is 10.1. The van der Waals surface area contributed by atoms with Crippen molar-refractivity contribution in [2.75, 3.05) is 7.11 Å². The van der Waals surface area contributed by atoms with Gasteiger partial charge in [-0.15, -0.1) is 0 Å². The lowest BCUT2D eigenvalue weighted by atomic mass is 10.1. The first-order valence-corrected chi connectivity index (χ1v) is 7.36. The summed E-state index contributed by atoms with van der Waals surface area (Å²) in [5.41, 5.74) is 1.07. The number of amides is 2. The van der Waals surface area contributed by atoms with Gasteiger partial charge in [-0.25, -0.2) is 0 Å². The molecule has 1 aliphatic carbocycles. The van der Waals surface area contributed by atoms with E-state index in [1.54, 1.807) is 7.11 Å². The lowest BCUT2D eigenvalue weighted by molar-refractivity contribution is -0.139. The second-order valence-electron chi connectivity index (χ2n) is 5.75. The second kappa shape index (κ2) is 5.48. The van der Waals surface area contributed by atoms with Crippen molar-refractivity contribution in [1.82, 2.24) is 10.2 Å². The fraction of sp³-hybridized carbons (Fsp3) is 0.500. The predicted molar refractivity (Wildman–Crippen MR) is 77.8 cm³/mol. The van der Waals surface area contributed by atoms with Crippen LogP contribution in [-0.2, 0) is 9.59 Å². The number of methoxy groups -OCH3 is 1. The molecule has 0 aromatic heterocycles. The van der Waals surface area contributed by atoms with Gasteiger partial charge in [0.05, 0.1) is 19.6 Å². The van der Waals surface area contributed by atoms with Crippen molar-refractivity contribution < 1.29 is 14.3 Å². The highest BCUT2D eigenvalue weighted by molar-refractivity contribution is 6.06. The third-order valence-electron chi connectivity index (χ3n) is 4.16. The van der Waals surface area contributed by atoms with E-state index < -0.39 is 6.04 Å². The first-order valence-electron chi connectivity index (χ1n) is 7.36. The zero-order valence-electron chi connectivity index (χ0n) is 12.3. The quantitative estimate of drug-likeness (QED) is 0.837. The van der Waals surface area contributed by atoms with Crippen molar-refractivity contribution in [2.45, 2.75) is 44.3 Å². The van der Waals surface area contributed by atoms with Gasteiger partial charge in [0, 0.05) is 12.1 Å². The van der Waals surface area contributed by atoms with E-state index in [2.05, 4.69) is 5.32 Å². The maximum absolute atomic E-state index is 12.3. The minimum absolute atomic E-state index is 0.0109. The minimum atomic E-state index is -0.393. The van der Waals surface area contributed by atoms with Crippen molar-refractivity contribution >= 4 is 11.8 Å². The van der Waals surface area contributed by atoms with Crippen LogP contribution in [0.3, 0.4) is 0 Å². The van der Waals surface area contributed by atoms with Gasteiger partial charge in [-0.1, -0.05) is 12.1 Å². The number of rotatable bonds is 5. The highest BCUT2D eigenvalue weighted by Crippen LogP contribution is 2.32. The Kier molecular flexibility index (Phi) is 3.68. The summed E-state index contributed by atoms with van der Waals surface area (Å²) >= 11 is 0. The molecule has 2 atom stereocenters. The summed E-state index contributed by atoms with van der Waals surface area (Å²) in [5.74, 6) is 0.697. The van der Waals surface area contributed by atoms with Crippen molar-refractivity contribution in [3.63, 3.8) is 0 Å². The summed E-state index contributed by atoms with van der Waals surface area (Å²) in [6.45, 7) is 2.00. The molecule has 5 nitrogen and oxygen atoms in total. The van der Waals surface area contributed by atoms with Crippen LogP contribution in [-0.4, -0.2) is 35.9 Å². The van der Waals surface area contributed by atoms with Crippen LogP contribution in [0.2, 0.25) is 0 Å². The van der Waals surface area contributed by atoms with Gasteiger partial charge < -0.3 is 4.74 Å². The summed E-state index contributed by atoms with van der Waals surface area (Å²) in [6.07, 6.45) is 2.19. The number of carbonyl (C=O) groups is 2. The molecule has 1 saturated heterocycles. The Morgan fingerprint density at radius 2 is 1.90 bits per heavy atom. The zero-order chi connectivity index (χ0) is 15.0. The van der Waals surface area contributed by atoms with E-state index in [1.165, 1.54) is 4.90 Å². The fourth-order valence-corrected chi connectivity index (χ4v) is 2.79. The molecule has 0 bridgehead atoms. The maximum Gasteiger partial charge on any atom is 0.247 e. The largest absolute Gasteiger partial charge is 0.497 e. The average Bonchev–Trinajstić information content (AvgIpc) is 3.27. The third kappa shape index (κ3) is 2.78. The molecule has 21 heavy (non-hydrogen) atoms. The van der Waals surface area contributed by atoms with Gasteiger partial charge in [-0.05, 0) is 37.5 Å². The van der Waals surface area contributed by atoms with Gasteiger partial charge >= 0.3 is 0 Å². The molecular formula is C16H20N2O3. The Hall–Kier alpha value is -1.88. The Labute approximate surface area is 124 Å². The number of imide groups is 1. The van der Waals surface area contributed by atoms with Gasteiger partial charge in [0.1, 0.15) is 5.75 Å². The van der Waals surface area contributed by atoms with Gasteiger partial charge in [0.2, 0.25) is 11.8 Å². The first kappa shape index (κ1) is 14.1. The van der Waals surface area contributed by atoms with Gasteiger partial charge in [-0.3, -0.25) is 19.8 Å². The molecule has 5 heteroatoms. The Morgan fingerprint density at radius 3 is 2.48 bits per heavy atom. The number of ether oxygens (including phenoxy) is 1. The smallest absolute Gasteiger partial charge is 0.247 e. The highest BCUT2D eigenvalue weighted by Gasteiger charge is 2.46. The van der Waals surface area contributed by atoms with Crippen LogP contribution >= 0.6 is 0 Å². The highest BCUT2D eigenvalue weighted by atomic mass is 16.5. The summed E-state index contributed by atoms with van der Waals surface area (Å²) < 4.78 is 5.13. The van der Waals surface area contributed by atoms with E-state index in [1.807, 2.05) is 31.2 Å². The average molecular weight is 288 g/mol. The summed E-state index contributed by atoms with van der Waals surface area (Å²) in [7, 11) is 1.63. The number of likely N-dealkylation sites (tertiary alicyclic amines) is 1. The van der Waals surface area contributed by atoms with Gasteiger partial charge in [-0.2, -0.15) is 0 Å². The van der Waals surface area contributed by atoms with Crippen LogP contribution in [0, 0.1) is 0 Å².